The topological polar surface area (TPSA) is 113 Å². The molecule has 0 aromatic heterocycles. The Morgan fingerprint density at radius 2 is 2.15 bits per heavy atom. The van der Waals surface area contributed by atoms with Gasteiger partial charge in [-0.2, -0.15) is 5.26 Å². The first-order valence-corrected chi connectivity index (χ1v) is 7.47. The fourth-order valence-corrected chi connectivity index (χ4v) is 3.13. The smallest absolute Gasteiger partial charge is 0.258 e. The van der Waals surface area contributed by atoms with Crippen LogP contribution in [0, 0.1) is 28.4 Å². The van der Waals surface area contributed by atoms with E-state index in [0.717, 1.165) is 6.07 Å². The number of halogens is 1. The highest BCUT2D eigenvalue weighted by molar-refractivity contribution is 7.89. The Balaban J connectivity index is 3.09. The van der Waals surface area contributed by atoms with E-state index in [9.17, 15) is 18.5 Å². The molecule has 1 rings (SSSR count). The molecule has 0 fully saturated rings. The quantitative estimate of drug-likeness (QED) is 0.490. The van der Waals surface area contributed by atoms with Crippen molar-refractivity contribution in [1.29, 1.82) is 5.26 Å². The van der Waals surface area contributed by atoms with Crippen molar-refractivity contribution in [3.63, 3.8) is 0 Å². The molecule has 1 aromatic carbocycles. The fraction of sp³-hybridized carbons (Fsp3) is 0.364. The van der Waals surface area contributed by atoms with E-state index in [4.69, 9.17) is 16.9 Å². The third-order valence-electron chi connectivity index (χ3n) is 2.49. The van der Waals surface area contributed by atoms with E-state index in [1.807, 2.05) is 6.07 Å². The van der Waals surface area contributed by atoms with Crippen molar-refractivity contribution in [1.82, 2.24) is 4.72 Å². The second-order valence-corrected chi connectivity index (χ2v) is 6.13. The van der Waals surface area contributed by atoms with Crippen molar-refractivity contribution in [2.75, 3.05) is 6.54 Å². The van der Waals surface area contributed by atoms with Gasteiger partial charge >= 0.3 is 0 Å². The number of nitro benzene ring substituents is 1. The lowest BCUT2D eigenvalue weighted by Crippen LogP contribution is -2.25. The van der Waals surface area contributed by atoms with E-state index in [1.165, 1.54) is 13.0 Å². The van der Waals surface area contributed by atoms with Crippen LogP contribution in [0.25, 0.3) is 0 Å². The van der Waals surface area contributed by atoms with Gasteiger partial charge in [0, 0.05) is 19.0 Å². The van der Waals surface area contributed by atoms with Crippen molar-refractivity contribution < 1.29 is 13.3 Å². The molecule has 0 saturated carbocycles. The maximum atomic E-state index is 12.0. The zero-order valence-electron chi connectivity index (χ0n) is 10.6. The molecule has 0 amide bonds. The Bertz CT molecular complexity index is 667. The van der Waals surface area contributed by atoms with Crippen molar-refractivity contribution in [2.45, 2.75) is 24.7 Å². The van der Waals surface area contributed by atoms with Crippen LogP contribution in [-0.4, -0.2) is 19.9 Å². The molecule has 0 aliphatic heterocycles. The summed E-state index contributed by atoms with van der Waals surface area (Å²) >= 11 is 5.70. The van der Waals surface area contributed by atoms with E-state index in [0.29, 0.717) is 12.0 Å². The minimum Gasteiger partial charge on any atom is -0.258 e. The second-order valence-electron chi connectivity index (χ2n) is 3.99. The van der Waals surface area contributed by atoms with Gasteiger partial charge in [0.15, 0.2) is 0 Å². The summed E-state index contributed by atoms with van der Waals surface area (Å²) in [4.78, 5) is 9.85. The SMILES string of the molecule is Cc1cc(Cl)c([N+](=O)[O-])cc1S(=O)(=O)NCCCC#N. The minimum absolute atomic E-state index is 0.0890. The van der Waals surface area contributed by atoms with Gasteiger partial charge in [-0.15, -0.1) is 0 Å². The minimum atomic E-state index is -3.87. The second kappa shape index (κ2) is 6.65. The third kappa shape index (κ3) is 3.90. The predicted octanol–water partition coefficient (Wildman–Crippen LogP) is 2.14. The number of hydrogen-bond donors (Lipinski definition) is 1. The number of rotatable bonds is 6. The molecule has 0 spiro atoms. The first kappa shape index (κ1) is 16.4. The fourth-order valence-electron chi connectivity index (χ4n) is 1.52. The number of benzene rings is 1. The number of nitrogens with one attached hydrogen (secondary N) is 1. The normalized spacial score (nSPS) is 11.1. The van der Waals surface area contributed by atoms with Gasteiger partial charge < -0.3 is 0 Å². The van der Waals surface area contributed by atoms with Crippen LogP contribution in [0.15, 0.2) is 17.0 Å². The van der Waals surface area contributed by atoms with Gasteiger partial charge in [-0.1, -0.05) is 11.6 Å². The monoisotopic (exact) mass is 317 g/mol. The average molecular weight is 318 g/mol. The number of hydrogen-bond acceptors (Lipinski definition) is 5. The molecule has 0 radical (unpaired) electrons. The van der Waals surface area contributed by atoms with E-state index in [2.05, 4.69) is 4.72 Å². The molecule has 0 aliphatic rings. The average Bonchev–Trinajstić information content (AvgIpc) is 2.33. The van der Waals surface area contributed by atoms with Crippen LogP contribution in [0.3, 0.4) is 0 Å². The summed E-state index contributed by atoms with van der Waals surface area (Å²) in [6.07, 6.45) is 0.590. The van der Waals surface area contributed by atoms with Crippen LogP contribution in [0.5, 0.6) is 0 Å². The predicted molar refractivity (Wildman–Crippen MR) is 72.9 cm³/mol. The first-order valence-electron chi connectivity index (χ1n) is 5.60. The molecule has 1 N–H and O–H groups in total. The largest absolute Gasteiger partial charge is 0.289 e. The maximum absolute atomic E-state index is 12.0. The molecule has 0 atom stereocenters. The lowest BCUT2D eigenvalue weighted by Gasteiger charge is -2.09. The van der Waals surface area contributed by atoms with Crippen LogP contribution in [-0.2, 0) is 10.0 Å². The van der Waals surface area contributed by atoms with E-state index in [1.54, 1.807) is 0 Å². The Hall–Kier alpha value is -1.69. The molecular weight excluding hydrogens is 306 g/mol. The van der Waals surface area contributed by atoms with Crippen LogP contribution in [0.1, 0.15) is 18.4 Å². The van der Waals surface area contributed by atoms with Crippen LogP contribution < -0.4 is 4.72 Å². The molecule has 1 aromatic rings. The summed E-state index contributed by atoms with van der Waals surface area (Å²) < 4.78 is 26.4. The standard InChI is InChI=1S/C11H12ClN3O4S/c1-8-6-9(12)10(15(16)17)7-11(8)20(18,19)14-5-3-2-4-13/h6-7,14H,2-3,5H2,1H3. The lowest BCUT2D eigenvalue weighted by molar-refractivity contribution is -0.384. The maximum Gasteiger partial charge on any atom is 0.289 e. The summed E-state index contributed by atoms with van der Waals surface area (Å²) in [5.41, 5.74) is -0.150. The number of unbranched alkanes of at least 4 members (excludes halogenated alkanes) is 1. The molecule has 7 nitrogen and oxygen atoms in total. The first-order chi connectivity index (χ1) is 9.29. The van der Waals surface area contributed by atoms with Gasteiger partial charge in [0.05, 0.1) is 15.9 Å². The summed E-state index contributed by atoms with van der Waals surface area (Å²) in [7, 11) is -3.87. The highest BCUT2D eigenvalue weighted by Gasteiger charge is 2.23. The van der Waals surface area contributed by atoms with Crippen molar-refractivity contribution in [3.05, 3.63) is 32.8 Å². The molecular formula is C11H12ClN3O4S. The molecule has 0 aliphatic carbocycles. The van der Waals surface area contributed by atoms with Crippen molar-refractivity contribution in [3.8, 4) is 6.07 Å². The molecule has 0 unspecified atom stereocenters. The summed E-state index contributed by atoms with van der Waals surface area (Å²) in [5.74, 6) is 0. The van der Waals surface area contributed by atoms with Crippen molar-refractivity contribution >= 4 is 27.3 Å². The highest BCUT2D eigenvalue weighted by atomic mass is 35.5. The highest BCUT2D eigenvalue weighted by Crippen LogP contribution is 2.29. The Morgan fingerprint density at radius 1 is 1.50 bits per heavy atom. The Morgan fingerprint density at radius 3 is 2.70 bits per heavy atom. The van der Waals surface area contributed by atoms with Gasteiger partial charge in [-0.3, -0.25) is 10.1 Å². The van der Waals surface area contributed by atoms with Gasteiger partial charge in [-0.05, 0) is 25.0 Å². The molecule has 0 heterocycles. The zero-order valence-corrected chi connectivity index (χ0v) is 12.2. The number of nitriles is 1. The summed E-state index contributed by atoms with van der Waals surface area (Å²) in [5, 5.41) is 19.0. The third-order valence-corrected chi connectivity index (χ3v) is 4.39. The lowest BCUT2D eigenvalue weighted by atomic mass is 10.2. The molecule has 20 heavy (non-hydrogen) atoms. The zero-order chi connectivity index (χ0) is 15.3. The van der Waals surface area contributed by atoms with E-state index >= 15 is 0 Å². The van der Waals surface area contributed by atoms with E-state index in [-0.39, 0.29) is 22.9 Å². The van der Waals surface area contributed by atoms with Gasteiger partial charge in [0.1, 0.15) is 5.02 Å². The molecule has 0 bridgehead atoms. The number of aryl methyl sites for hydroxylation is 1. The Labute approximate surface area is 121 Å². The summed E-state index contributed by atoms with van der Waals surface area (Å²) in [6.45, 7) is 1.59. The van der Waals surface area contributed by atoms with Crippen LogP contribution in [0.4, 0.5) is 5.69 Å². The Kier molecular flexibility index (Phi) is 5.44. The number of sulfonamides is 1. The number of nitro groups is 1. The van der Waals surface area contributed by atoms with Gasteiger partial charge in [-0.25, -0.2) is 13.1 Å². The summed E-state index contributed by atoms with van der Waals surface area (Å²) in [6, 6.07) is 4.07. The number of nitrogens with zero attached hydrogens (tertiary/aromatic N) is 2. The molecule has 0 saturated heterocycles. The van der Waals surface area contributed by atoms with Gasteiger partial charge in [0.2, 0.25) is 10.0 Å². The van der Waals surface area contributed by atoms with Crippen molar-refractivity contribution in [2.24, 2.45) is 0 Å². The van der Waals surface area contributed by atoms with Crippen LogP contribution >= 0.6 is 11.6 Å². The molecule has 108 valence electrons. The van der Waals surface area contributed by atoms with Crippen LogP contribution in [0.2, 0.25) is 5.02 Å². The van der Waals surface area contributed by atoms with Gasteiger partial charge in [0.25, 0.3) is 5.69 Å². The molecule has 9 heteroatoms. The van der Waals surface area contributed by atoms with E-state index < -0.39 is 20.6 Å².